The van der Waals surface area contributed by atoms with Gasteiger partial charge in [-0.1, -0.05) is 19.1 Å². The van der Waals surface area contributed by atoms with Crippen molar-refractivity contribution < 1.29 is 14.6 Å². The van der Waals surface area contributed by atoms with E-state index in [2.05, 4.69) is 0 Å². The fourth-order valence-corrected chi connectivity index (χ4v) is 2.01. The van der Waals surface area contributed by atoms with Gasteiger partial charge >= 0.3 is 0 Å². The lowest BCUT2D eigenvalue weighted by atomic mass is 10.1. The van der Waals surface area contributed by atoms with Crippen molar-refractivity contribution >= 4 is 5.91 Å². The van der Waals surface area contributed by atoms with Crippen LogP contribution < -0.4 is 4.74 Å². The van der Waals surface area contributed by atoms with Gasteiger partial charge in [-0.25, -0.2) is 0 Å². The van der Waals surface area contributed by atoms with Crippen LogP contribution >= 0.6 is 0 Å². The first-order valence-corrected chi connectivity index (χ1v) is 6.64. The number of aryl methyl sites for hydroxylation is 1. The molecule has 0 radical (unpaired) electrons. The molecular formula is C15H23NO3. The number of amides is 1. The van der Waals surface area contributed by atoms with Gasteiger partial charge in [-0.15, -0.1) is 0 Å². The Labute approximate surface area is 115 Å². The van der Waals surface area contributed by atoms with Gasteiger partial charge in [0.15, 0.2) is 0 Å². The minimum Gasteiger partial charge on any atom is -0.496 e. The second-order valence-electron chi connectivity index (χ2n) is 4.59. The zero-order valence-electron chi connectivity index (χ0n) is 12.0. The molecule has 1 aromatic rings. The molecule has 0 aliphatic rings. The number of rotatable bonds is 7. The summed E-state index contributed by atoms with van der Waals surface area (Å²) in [7, 11) is 1.63. The fraction of sp³-hybridized carbons (Fsp3) is 0.533. The molecular weight excluding hydrogens is 242 g/mol. The quantitative estimate of drug-likeness (QED) is 0.817. The van der Waals surface area contributed by atoms with Gasteiger partial charge in [-0.2, -0.15) is 0 Å². The van der Waals surface area contributed by atoms with E-state index in [0.717, 1.165) is 23.3 Å². The molecule has 0 aliphatic carbocycles. The van der Waals surface area contributed by atoms with Crippen molar-refractivity contribution in [3.63, 3.8) is 0 Å². The van der Waals surface area contributed by atoms with Crippen molar-refractivity contribution in [3.05, 3.63) is 29.3 Å². The maximum Gasteiger partial charge on any atom is 0.227 e. The van der Waals surface area contributed by atoms with E-state index in [4.69, 9.17) is 9.84 Å². The molecule has 1 aromatic carbocycles. The van der Waals surface area contributed by atoms with Gasteiger partial charge in [0.2, 0.25) is 5.91 Å². The first-order valence-electron chi connectivity index (χ1n) is 6.64. The fourth-order valence-electron chi connectivity index (χ4n) is 2.01. The molecule has 4 nitrogen and oxygen atoms in total. The first-order chi connectivity index (χ1) is 9.12. The van der Waals surface area contributed by atoms with E-state index in [1.54, 1.807) is 12.0 Å². The van der Waals surface area contributed by atoms with Crippen molar-refractivity contribution in [2.24, 2.45) is 0 Å². The van der Waals surface area contributed by atoms with Crippen LogP contribution in [0.5, 0.6) is 5.75 Å². The highest BCUT2D eigenvalue weighted by atomic mass is 16.5. The smallest absolute Gasteiger partial charge is 0.227 e. The molecule has 19 heavy (non-hydrogen) atoms. The molecule has 0 saturated heterocycles. The zero-order valence-corrected chi connectivity index (χ0v) is 12.0. The molecule has 0 unspecified atom stereocenters. The Hall–Kier alpha value is -1.55. The van der Waals surface area contributed by atoms with Gasteiger partial charge in [0, 0.05) is 13.1 Å². The van der Waals surface area contributed by atoms with Crippen molar-refractivity contribution in [1.82, 2.24) is 4.90 Å². The van der Waals surface area contributed by atoms with Crippen LogP contribution in [0.2, 0.25) is 0 Å². The minimum absolute atomic E-state index is 0.00294. The van der Waals surface area contributed by atoms with E-state index in [0.29, 0.717) is 19.5 Å². The minimum atomic E-state index is 0.00294. The summed E-state index contributed by atoms with van der Waals surface area (Å²) in [6, 6.07) is 5.80. The number of aliphatic hydroxyl groups excluding tert-OH is 1. The third-order valence-corrected chi connectivity index (χ3v) is 3.04. The number of ether oxygens (including phenoxy) is 1. The molecule has 0 fully saturated rings. The molecule has 106 valence electrons. The highest BCUT2D eigenvalue weighted by Gasteiger charge is 2.13. The molecule has 4 heteroatoms. The normalized spacial score (nSPS) is 10.3. The molecule has 0 atom stereocenters. The molecule has 0 heterocycles. The first kappa shape index (κ1) is 15.5. The Bertz CT molecular complexity index is 412. The summed E-state index contributed by atoms with van der Waals surface area (Å²) in [5, 5.41) is 8.98. The summed E-state index contributed by atoms with van der Waals surface area (Å²) >= 11 is 0. The van der Waals surface area contributed by atoms with E-state index < -0.39 is 0 Å². The monoisotopic (exact) mass is 265 g/mol. The number of aliphatic hydroxyl groups is 1. The van der Waals surface area contributed by atoms with Crippen LogP contribution in [-0.2, 0) is 11.2 Å². The summed E-state index contributed by atoms with van der Waals surface area (Å²) in [4.78, 5) is 13.9. The van der Waals surface area contributed by atoms with Gasteiger partial charge < -0.3 is 14.7 Å². The van der Waals surface area contributed by atoms with E-state index in [-0.39, 0.29) is 12.5 Å². The lowest BCUT2D eigenvalue weighted by Gasteiger charge is -2.21. The van der Waals surface area contributed by atoms with Gasteiger partial charge in [0.1, 0.15) is 5.75 Å². The molecule has 0 bridgehead atoms. The van der Waals surface area contributed by atoms with E-state index in [1.165, 1.54) is 0 Å². The Morgan fingerprint density at radius 2 is 2.11 bits per heavy atom. The van der Waals surface area contributed by atoms with Crippen LogP contribution in [0.3, 0.4) is 0 Å². The Kier molecular flexibility index (Phi) is 6.36. The molecule has 0 aliphatic heterocycles. The highest BCUT2D eigenvalue weighted by Crippen LogP contribution is 2.19. The van der Waals surface area contributed by atoms with Gasteiger partial charge in [0.05, 0.1) is 20.1 Å². The Balaban J connectivity index is 2.74. The number of hydrogen-bond donors (Lipinski definition) is 1. The van der Waals surface area contributed by atoms with Crippen LogP contribution in [0, 0.1) is 6.92 Å². The molecule has 0 saturated carbocycles. The van der Waals surface area contributed by atoms with Crippen LogP contribution in [0.1, 0.15) is 24.5 Å². The molecule has 1 amide bonds. The predicted molar refractivity (Wildman–Crippen MR) is 75.4 cm³/mol. The van der Waals surface area contributed by atoms with Crippen molar-refractivity contribution in [2.75, 3.05) is 26.8 Å². The average Bonchev–Trinajstić information content (AvgIpc) is 2.40. The highest BCUT2D eigenvalue weighted by molar-refractivity contribution is 5.79. The Morgan fingerprint density at radius 1 is 1.37 bits per heavy atom. The van der Waals surface area contributed by atoms with E-state index >= 15 is 0 Å². The number of carbonyl (C=O) groups excluding carboxylic acids is 1. The summed E-state index contributed by atoms with van der Waals surface area (Å²) < 4.78 is 5.26. The average molecular weight is 265 g/mol. The van der Waals surface area contributed by atoms with Gasteiger partial charge in [-0.05, 0) is 30.5 Å². The SMILES string of the molecule is CCCN(CCO)C(=O)Cc1ccc(C)c(OC)c1. The Morgan fingerprint density at radius 3 is 2.68 bits per heavy atom. The summed E-state index contributed by atoms with van der Waals surface area (Å²) in [6.07, 6.45) is 1.24. The molecule has 1 rings (SSSR count). The predicted octanol–water partition coefficient (Wildman–Crippen LogP) is 1.78. The van der Waals surface area contributed by atoms with Crippen molar-refractivity contribution in [3.8, 4) is 5.75 Å². The summed E-state index contributed by atoms with van der Waals surface area (Å²) in [6.45, 7) is 5.08. The number of carbonyl (C=O) groups is 1. The number of methoxy groups -OCH3 is 1. The standard InChI is InChI=1S/C15H23NO3/c1-4-7-16(8-9-17)15(18)11-13-6-5-12(2)14(10-13)19-3/h5-6,10,17H,4,7-9,11H2,1-3H3. The maximum absolute atomic E-state index is 12.2. The van der Waals surface area contributed by atoms with Crippen LogP contribution in [0.15, 0.2) is 18.2 Å². The van der Waals surface area contributed by atoms with E-state index in [9.17, 15) is 4.79 Å². The third kappa shape index (κ3) is 4.56. The molecule has 1 N–H and O–H groups in total. The topological polar surface area (TPSA) is 49.8 Å². The van der Waals surface area contributed by atoms with E-state index in [1.807, 2.05) is 32.0 Å². The third-order valence-electron chi connectivity index (χ3n) is 3.04. The number of nitrogens with zero attached hydrogens (tertiary/aromatic N) is 1. The lowest BCUT2D eigenvalue weighted by Crippen LogP contribution is -2.35. The summed E-state index contributed by atoms with van der Waals surface area (Å²) in [5.41, 5.74) is 1.99. The molecule has 0 spiro atoms. The number of benzene rings is 1. The van der Waals surface area contributed by atoms with Crippen LogP contribution in [0.25, 0.3) is 0 Å². The lowest BCUT2D eigenvalue weighted by molar-refractivity contribution is -0.131. The molecule has 0 aromatic heterocycles. The van der Waals surface area contributed by atoms with Crippen LogP contribution in [0.4, 0.5) is 0 Å². The number of hydrogen-bond acceptors (Lipinski definition) is 3. The second kappa shape index (κ2) is 7.79. The van der Waals surface area contributed by atoms with Crippen LogP contribution in [-0.4, -0.2) is 42.7 Å². The largest absolute Gasteiger partial charge is 0.496 e. The van der Waals surface area contributed by atoms with Gasteiger partial charge in [0.25, 0.3) is 0 Å². The zero-order chi connectivity index (χ0) is 14.3. The van der Waals surface area contributed by atoms with Gasteiger partial charge in [-0.3, -0.25) is 4.79 Å². The summed E-state index contributed by atoms with van der Waals surface area (Å²) in [5.74, 6) is 0.844. The van der Waals surface area contributed by atoms with Crippen molar-refractivity contribution in [1.29, 1.82) is 0 Å². The second-order valence-corrected chi connectivity index (χ2v) is 4.59. The maximum atomic E-state index is 12.2. The van der Waals surface area contributed by atoms with Crippen molar-refractivity contribution in [2.45, 2.75) is 26.7 Å².